The van der Waals surface area contributed by atoms with E-state index in [1.54, 1.807) is 6.92 Å². The van der Waals surface area contributed by atoms with E-state index in [4.69, 9.17) is 23.1 Å². The summed E-state index contributed by atoms with van der Waals surface area (Å²) in [6.07, 6.45) is -4.51. The van der Waals surface area contributed by atoms with Gasteiger partial charge in [-0.2, -0.15) is 13.2 Å². The lowest BCUT2D eigenvalue weighted by Gasteiger charge is -2.18. The fraction of sp³-hybridized carbons (Fsp3) is 0.333. The Morgan fingerprint density at radius 1 is 1.33 bits per heavy atom. The predicted octanol–water partition coefficient (Wildman–Crippen LogP) is 2.79. The van der Waals surface area contributed by atoms with Crippen LogP contribution in [0.15, 0.2) is 12.1 Å². The molecule has 15 heavy (non-hydrogen) atoms. The number of alkyl halides is 3. The van der Waals surface area contributed by atoms with Crippen molar-refractivity contribution in [3.05, 3.63) is 28.3 Å². The molecule has 0 unspecified atom stereocenters. The molecule has 0 aliphatic rings. The zero-order valence-electron chi connectivity index (χ0n) is 7.90. The van der Waals surface area contributed by atoms with E-state index in [0.29, 0.717) is 11.3 Å². The summed E-state index contributed by atoms with van der Waals surface area (Å²) >= 11 is 5.64. The van der Waals surface area contributed by atoms with Crippen LogP contribution < -0.4 is 11.5 Å². The Hall–Kier alpha value is -0.940. The standard InChI is InChI=1S/C9H10ClF3N2/c1-4-2-5(6(10)3-7(4)14)8(15)9(11,12)13/h2-3,8H,14-15H2,1H3/t8-/m0/s1. The molecule has 1 atom stereocenters. The van der Waals surface area contributed by atoms with Gasteiger partial charge in [-0.15, -0.1) is 0 Å². The number of anilines is 1. The van der Waals surface area contributed by atoms with E-state index >= 15 is 0 Å². The van der Waals surface area contributed by atoms with Gasteiger partial charge in [-0.05, 0) is 24.1 Å². The summed E-state index contributed by atoms with van der Waals surface area (Å²) in [5.41, 5.74) is 11.2. The van der Waals surface area contributed by atoms with Crippen LogP contribution in [0.5, 0.6) is 0 Å². The lowest BCUT2D eigenvalue weighted by Crippen LogP contribution is -2.28. The number of hydrogen-bond acceptors (Lipinski definition) is 2. The van der Waals surface area contributed by atoms with Crippen molar-refractivity contribution >= 4 is 17.3 Å². The van der Waals surface area contributed by atoms with Crippen LogP contribution in [0.1, 0.15) is 17.2 Å². The topological polar surface area (TPSA) is 52.0 Å². The number of nitrogen functional groups attached to an aromatic ring is 1. The van der Waals surface area contributed by atoms with Gasteiger partial charge in [0.25, 0.3) is 0 Å². The second-order valence-corrected chi connectivity index (χ2v) is 3.66. The average molecular weight is 239 g/mol. The maximum Gasteiger partial charge on any atom is 0.407 e. The molecule has 4 N–H and O–H groups in total. The van der Waals surface area contributed by atoms with Gasteiger partial charge in [0.2, 0.25) is 0 Å². The fourth-order valence-electron chi connectivity index (χ4n) is 1.13. The molecule has 0 aliphatic carbocycles. The predicted molar refractivity (Wildman–Crippen MR) is 53.6 cm³/mol. The molecule has 1 aromatic carbocycles. The molecule has 1 aromatic rings. The average Bonchev–Trinajstić information content (AvgIpc) is 2.08. The van der Waals surface area contributed by atoms with Gasteiger partial charge in [0.15, 0.2) is 0 Å². The van der Waals surface area contributed by atoms with Gasteiger partial charge in [-0.1, -0.05) is 17.7 Å². The molecular weight excluding hydrogens is 229 g/mol. The Labute approximate surface area is 90.0 Å². The Morgan fingerprint density at radius 2 is 1.87 bits per heavy atom. The van der Waals surface area contributed by atoms with E-state index in [0.717, 1.165) is 0 Å². The fourth-order valence-corrected chi connectivity index (χ4v) is 1.42. The zero-order chi connectivity index (χ0) is 11.8. The molecule has 0 radical (unpaired) electrons. The molecule has 0 aromatic heterocycles. The highest BCUT2D eigenvalue weighted by Crippen LogP contribution is 2.35. The SMILES string of the molecule is Cc1cc([C@H](N)C(F)(F)F)c(Cl)cc1N. The van der Waals surface area contributed by atoms with Crippen molar-refractivity contribution in [2.24, 2.45) is 5.73 Å². The second-order valence-electron chi connectivity index (χ2n) is 3.25. The molecule has 0 aliphatic heterocycles. The van der Waals surface area contributed by atoms with Crippen molar-refractivity contribution in [1.82, 2.24) is 0 Å². The van der Waals surface area contributed by atoms with Crippen molar-refractivity contribution in [1.29, 1.82) is 0 Å². The summed E-state index contributed by atoms with van der Waals surface area (Å²) in [5, 5.41) is -0.0667. The van der Waals surface area contributed by atoms with Crippen molar-refractivity contribution in [2.45, 2.75) is 19.1 Å². The summed E-state index contributed by atoms with van der Waals surface area (Å²) in [6.45, 7) is 1.60. The van der Waals surface area contributed by atoms with E-state index in [-0.39, 0.29) is 10.6 Å². The van der Waals surface area contributed by atoms with Crippen molar-refractivity contribution in [2.75, 3.05) is 5.73 Å². The summed E-state index contributed by atoms with van der Waals surface area (Å²) < 4.78 is 37.0. The van der Waals surface area contributed by atoms with Crippen molar-refractivity contribution < 1.29 is 13.2 Å². The largest absolute Gasteiger partial charge is 0.407 e. The molecule has 0 heterocycles. The van der Waals surface area contributed by atoms with Crippen LogP contribution >= 0.6 is 11.6 Å². The molecule has 1 rings (SSSR count). The van der Waals surface area contributed by atoms with Crippen molar-refractivity contribution in [3.63, 3.8) is 0 Å². The van der Waals surface area contributed by atoms with Gasteiger partial charge < -0.3 is 11.5 Å². The molecule has 0 saturated carbocycles. The molecule has 0 bridgehead atoms. The van der Waals surface area contributed by atoms with Crippen LogP contribution in [0.4, 0.5) is 18.9 Å². The number of halogens is 4. The van der Waals surface area contributed by atoms with Gasteiger partial charge in [-0.25, -0.2) is 0 Å². The highest BCUT2D eigenvalue weighted by Gasteiger charge is 2.39. The number of aryl methyl sites for hydroxylation is 1. The third-order valence-electron chi connectivity index (χ3n) is 2.07. The number of benzene rings is 1. The van der Waals surface area contributed by atoms with Crippen LogP contribution in [0.2, 0.25) is 5.02 Å². The first-order valence-corrected chi connectivity index (χ1v) is 4.49. The summed E-state index contributed by atoms with van der Waals surface area (Å²) in [4.78, 5) is 0. The number of rotatable bonds is 1. The van der Waals surface area contributed by atoms with Crippen LogP contribution in [-0.4, -0.2) is 6.18 Å². The molecule has 0 amide bonds. The molecule has 0 fully saturated rings. The quantitative estimate of drug-likeness (QED) is 0.739. The van der Waals surface area contributed by atoms with E-state index in [1.807, 2.05) is 0 Å². The normalized spacial score (nSPS) is 14.0. The summed E-state index contributed by atoms with van der Waals surface area (Å²) in [5.74, 6) is 0. The van der Waals surface area contributed by atoms with E-state index in [9.17, 15) is 13.2 Å². The number of hydrogen-bond donors (Lipinski definition) is 2. The van der Waals surface area contributed by atoms with E-state index < -0.39 is 12.2 Å². The zero-order valence-corrected chi connectivity index (χ0v) is 8.65. The minimum absolute atomic E-state index is 0.0667. The van der Waals surface area contributed by atoms with Crippen LogP contribution in [0.3, 0.4) is 0 Å². The van der Waals surface area contributed by atoms with Crippen LogP contribution in [-0.2, 0) is 0 Å². The first-order valence-electron chi connectivity index (χ1n) is 4.11. The van der Waals surface area contributed by atoms with Gasteiger partial charge in [0.05, 0.1) is 0 Å². The first-order chi connectivity index (χ1) is 6.73. The molecule has 6 heteroatoms. The van der Waals surface area contributed by atoms with Gasteiger partial charge in [0, 0.05) is 10.7 Å². The second kappa shape index (κ2) is 3.90. The van der Waals surface area contributed by atoms with Gasteiger partial charge in [0.1, 0.15) is 6.04 Å². The Bertz CT molecular complexity index is 376. The third kappa shape index (κ3) is 2.54. The third-order valence-corrected chi connectivity index (χ3v) is 2.40. The smallest absolute Gasteiger partial charge is 0.398 e. The molecule has 2 nitrogen and oxygen atoms in total. The molecule has 84 valence electrons. The highest BCUT2D eigenvalue weighted by atomic mass is 35.5. The minimum Gasteiger partial charge on any atom is -0.398 e. The maximum atomic E-state index is 12.3. The minimum atomic E-state index is -4.51. The van der Waals surface area contributed by atoms with Gasteiger partial charge in [-0.3, -0.25) is 0 Å². The summed E-state index contributed by atoms with van der Waals surface area (Å²) in [6, 6.07) is 0.456. The highest BCUT2D eigenvalue weighted by molar-refractivity contribution is 6.31. The van der Waals surface area contributed by atoms with E-state index in [2.05, 4.69) is 0 Å². The lowest BCUT2D eigenvalue weighted by molar-refractivity contribution is -0.149. The van der Waals surface area contributed by atoms with Crippen molar-refractivity contribution in [3.8, 4) is 0 Å². The van der Waals surface area contributed by atoms with Crippen LogP contribution in [0.25, 0.3) is 0 Å². The monoisotopic (exact) mass is 238 g/mol. The molecular formula is C9H10ClF3N2. The Morgan fingerprint density at radius 3 is 2.33 bits per heavy atom. The summed E-state index contributed by atoms with van der Waals surface area (Å²) in [7, 11) is 0. The maximum absolute atomic E-state index is 12.3. The molecule has 0 saturated heterocycles. The first kappa shape index (κ1) is 12.1. The van der Waals surface area contributed by atoms with E-state index in [1.165, 1.54) is 12.1 Å². The lowest BCUT2D eigenvalue weighted by atomic mass is 10.0. The van der Waals surface area contributed by atoms with Crippen LogP contribution in [0, 0.1) is 6.92 Å². The van der Waals surface area contributed by atoms with Gasteiger partial charge >= 0.3 is 6.18 Å². The Balaban J connectivity index is 3.21. The molecule has 0 spiro atoms. The Kier molecular flexibility index (Phi) is 3.16. The number of nitrogens with two attached hydrogens (primary N) is 2.